The first kappa shape index (κ1) is 14.2. The summed E-state index contributed by atoms with van der Waals surface area (Å²) in [4.78, 5) is 21.6. The van der Waals surface area contributed by atoms with Gasteiger partial charge in [-0.25, -0.2) is 0 Å². The van der Waals surface area contributed by atoms with Crippen molar-refractivity contribution in [3.63, 3.8) is 0 Å². The summed E-state index contributed by atoms with van der Waals surface area (Å²) in [6, 6.07) is -0.955. The van der Waals surface area contributed by atoms with Crippen molar-refractivity contribution in [3.05, 3.63) is 0 Å². The number of carbonyl (C=O) groups excluding carboxylic acids is 1. The predicted molar refractivity (Wildman–Crippen MR) is 60.8 cm³/mol. The van der Waals surface area contributed by atoms with E-state index in [-0.39, 0.29) is 6.42 Å². The Kier molecular flexibility index (Phi) is 7.15. The first-order valence-corrected chi connectivity index (χ1v) is 6.10. The van der Waals surface area contributed by atoms with Gasteiger partial charge < -0.3 is 16.2 Å². The van der Waals surface area contributed by atoms with Crippen molar-refractivity contribution in [2.24, 2.45) is 11.7 Å². The second-order valence-corrected chi connectivity index (χ2v) is 4.42. The minimum absolute atomic E-state index is 0.331. The van der Waals surface area contributed by atoms with Gasteiger partial charge >= 0.3 is 5.97 Å². The van der Waals surface area contributed by atoms with Gasteiger partial charge in [0.05, 0.1) is 12.5 Å². The second-order valence-electron chi connectivity index (χ2n) is 3.51. The average Bonchev–Trinajstić information content (AvgIpc) is 2.13. The lowest BCUT2D eigenvalue weighted by molar-refractivity contribution is -0.139. The summed E-state index contributed by atoms with van der Waals surface area (Å²) in [7, 11) is 0. The van der Waals surface area contributed by atoms with E-state index in [1.165, 1.54) is 0 Å². The average molecular weight is 234 g/mol. The normalized spacial score (nSPS) is 14.3. The van der Waals surface area contributed by atoms with Gasteiger partial charge in [0.1, 0.15) is 0 Å². The molecular formula is C9H18N2O3S. The molecule has 2 unspecified atom stereocenters. The van der Waals surface area contributed by atoms with Crippen LogP contribution in [0, 0.1) is 5.92 Å². The maximum atomic E-state index is 11.3. The van der Waals surface area contributed by atoms with Crippen molar-refractivity contribution in [2.75, 3.05) is 18.6 Å². The fourth-order valence-corrected chi connectivity index (χ4v) is 1.72. The van der Waals surface area contributed by atoms with Gasteiger partial charge in [-0.05, 0) is 17.9 Å². The lowest BCUT2D eigenvalue weighted by atomic mass is 10.2. The first-order chi connectivity index (χ1) is 6.97. The van der Waals surface area contributed by atoms with Crippen molar-refractivity contribution < 1.29 is 14.7 Å². The number of amides is 1. The van der Waals surface area contributed by atoms with Gasteiger partial charge in [-0.15, -0.1) is 0 Å². The Morgan fingerprint density at radius 3 is 2.60 bits per heavy atom. The van der Waals surface area contributed by atoms with Gasteiger partial charge in [-0.3, -0.25) is 9.59 Å². The number of nitrogens with one attached hydrogen (secondary N) is 1. The Morgan fingerprint density at radius 1 is 1.53 bits per heavy atom. The molecule has 0 radical (unpaired) electrons. The molecule has 4 N–H and O–H groups in total. The smallest absolute Gasteiger partial charge is 0.305 e. The first-order valence-electron chi connectivity index (χ1n) is 4.71. The van der Waals surface area contributed by atoms with Gasteiger partial charge in [-0.2, -0.15) is 11.8 Å². The summed E-state index contributed by atoms with van der Waals surface area (Å²) in [5.41, 5.74) is 5.38. The Morgan fingerprint density at radius 2 is 2.13 bits per heavy atom. The highest BCUT2D eigenvalue weighted by Crippen LogP contribution is 2.02. The van der Waals surface area contributed by atoms with Crippen molar-refractivity contribution in [1.82, 2.24) is 5.32 Å². The molecule has 0 saturated carbocycles. The third-order valence-corrected chi connectivity index (χ3v) is 2.71. The number of rotatable bonds is 7. The number of thioether (sulfide) groups is 1. The predicted octanol–water partition coefficient (Wildman–Crippen LogP) is -0.0963. The van der Waals surface area contributed by atoms with Gasteiger partial charge in [0.2, 0.25) is 5.91 Å². The maximum absolute atomic E-state index is 11.3. The molecule has 0 fully saturated rings. The molecule has 6 heteroatoms. The Balaban J connectivity index is 3.77. The molecule has 0 spiro atoms. The van der Waals surface area contributed by atoms with Crippen LogP contribution in [-0.2, 0) is 9.59 Å². The maximum Gasteiger partial charge on any atom is 0.305 e. The quantitative estimate of drug-likeness (QED) is 0.572. The summed E-state index contributed by atoms with van der Waals surface area (Å²) in [5, 5.41) is 11.1. The Bertz CT molecular complexity index is 223. The molecule has 5 nitrogen and oxygen atoms in total. The highest BCUT2D eigenvalue weighted by atomic mass is 32.2. The third kappa shape index (κ3) is 7.21. The number of carboxylic acid groups (broad SMARTS) is 1. The van der Waals surface area contributed by atoms with Crippen molar-refractivity contribution in [1.29, 1.82) is 0 Å². The minimum atomic E-state index is -1.06. The van der Waals surface area contributed by atoms with Crippen LogP contribution in [0.5, 0.6) is 0 Å². The molecule has 0 aliphatic carbocycles. The van der Waals surface area contributed by atoms with Crippen molar-refractivity contribution in [3.8, 4) is 0 Å². The summed E-state index contributed by atoms with van der Waals surface area (Å²) in [6.07, 6.45) is 1.66. The van der Waals surface area contributed by atoms with Crippen LogP contribution >= 0.6 is 11.8 Å². The number of aliphatic carboxylic acids is 1. The topological polar surface area (TPSA) is 92.4 Å². The highest BCUT2D eigenvalue weighted by molar-refractivity contribution is 7.98. The van der Waals surface area contributed by atoms with E-state index < -0.39 is 17.9 Å². The standard InChI is InChI=1S/C9H18N2O3S/c1-6(5-15-2)4-11-9(14)7(10)3-8(12)13/h6-7H,3-5,10H2,1-2H3,(H,11,14)(H,12,13). The SMILES string of the molecule is CSCC(C)CNC(=O)C(N)CC(=O)O. The van der Waals surface area contributed by atoms with E-state index >= 15 is 0 Å². The van der Waals surface area contributed by atoms with Crippen LogP contribution in [0.2, 0.25) is 0 Å². The highest BCUT2D eigenvalue weighted by Gasteiger charge is 2.16. The molecule has 0 bridgehead atoms. The summed E-state index contributed by atoms with van der Waals surface area (Å²) in [6.45, 7) is 2.55. The molecule has 0 aromatic rings. The molecule has 0 aromatic heterocycles. The van der Waals surface area contributed by atoms with E-state index in [1.807, 2.05) is 13.2 Å². The second kappa shape index (κ2) is 7.53. The van der Waals surface area contributed by atoms with Gasteiger partial charge in [0.15, 0.2) is 0 Å². The molecule has 88 valence electrons. The van der Waals surface area contributed by atoms with Crippen LogP contribution < -0.4 is 11.1 Å². The molecule has 0 saturated heterocycles. The lowest BCUT2D eigenvalue weighted by Gasteiger charge is -2.13. The van der Waals surface area contributed by atoms with Crippen molar-refractivity contribution >= 4 is 23.6 Å². The lowest BCUT2D eigenvalue weighted by Crippen LogP contribution is -2.43. The van der Waals surface area contributed by atoms with Crippen LogP contribution in [0.25, 0.3) is 0 Å². The molecule has 1 amide bonds. The van der Waals surface area contributed by atoms with E-state index in [2.05, 4.69) is 5.32 Å². The van der Waals surface area contributed by atoms with E-state index in [0.29, 0.717) is 12.5 Å². The zero-order valence-corrected chi connectivity index (χ0v) is 9.84. The molecule has 0 aliphatic heterocycles. The van der Waals surface area contributed by atoms with Gasteiger partial charge in [0, 0.05) is 6.54 Å². The molecular weight excluding hydrogens is 216 g/mol. The molecule has 15 heavy (non-hydrogen) atoms. The van der Waals surface area contributed by atoms with E-state index in [4.69, 9.17) is 10.8 Å². The Hall–Kier alpha value is -0.750. The zero-order chi connectivity index (χ0) is 11.8. The van der Waals surface area contributed by atoms with Crippen LogP contribution in [-0.4, -0.2) is 41.6 Å². The monoisotopic (exact) mass is 234 g/mol. The van der Waals surface area contributed by atoms with Gasteiger partial charge in [-0.1, -0.05) is 6.92 Å². The van der Waals surface area contributed by atoms with E-state index in [1.54, 1.807) is 11.8 Å². The number of carboxylic acids is 1. The number of hydrogen-bond acceptors (Lipinski definition) is 4. The van der Waals surface area contributed by atoms with Crippen LogP contribution in [0.1, 0.15) is 13.3 Å². The van der Waals surface area contributed by atoms with Crippen molar-refractivity contribution in [2.45, 2.75) is 19.4 Å². The molecule has 0 aliphatic rings. The largest absolute Gasteiger partial charge is 0.481 e. The van der Waals surface area contributed by atoms with Crippen LogP contribution in [0.3, 0.4) is 0 Å². The van der Waals surface area contributed by atoms with Crippen LogP contribution in [0.15, 0.2) is 0 Å². The van der Waals surface area contributed by atoms with E-state index in [9.17, 15) is 9.59 Å². The zero-order valence-electron chi connectivity index (χ0n) is 9.03. The Labute approximate surface area is 93.8 Å². The number of hydrogen-bond donors (Lipinski definition) is 3. The number of nitrogens with two attached hydrogens (primary N) is 1. The summed E-state index contributed by atoms with van der Waals surface area (Å²) < 4.78 is 0. The number of carbonyl (C=O) groups is 2. The van der Waals surface area contributed by atoms with E-state index in [0.717, 1.165) is 5.75 Å². The molecule has 0 rings (SSSR count). The molecule has 0 aromatic carbocycles. The molecule has 0 heterocycles. The molecule has 2 atom stereocenters. The summed E-state index contributed by atoms with van der Waals surface area (Å²) >= 11 is 1.70. The van der Waals surface area contributed by atoms with Crippen LogP contribution in [0.4, 0.5) is 0 Å². The minimum Gasteiger partial charge on any atom is -0.481 e. The van der Waals surface area contributed by atoms with Gasteiger partial charge in [0.25, 0.3) is 0 Å². The fourth-order valence-electron chi connectivity index (χ4n) is 1.03. The fraction of sp³-hybridized carbons (Fsp3) is 0.778. The summed E-state index contributed by atoms with van der Waals surface area (Å²) in [5.74, 6) is -0.143. The third-order valence-electron chi connectivity index (χ3n) is 1.81.